The first-order valence-electron chi connectivity index (χ1n) is 7.67. The van der Waals surface area contributed by atoms with Crippen molar-refractivity contribution in [2.45, 2.75) is 39.0 Å². The normalized spacial score (nSPS) is 12.9. The first-order valence-corrected chi connectivity index (χ1v) is 8.48. The molecule has 0 N–H and O–H groups in total. The third-order valence-corrected chi connectivity index (χ3v) is 5.29. The van der Waals surface area contributed by atoms with E-state index in [9.17, 15) is 4.79 Å². The predicted molar refractivity (Wildman–Crippen MR) is 93.5 cm³/mol. The highest BCUT2D eigenvalue weighted by atomic mass is 32.1. The predicted octanol–water partition coefficient (Wildman–Crippen LogP) is 5.71. The lowest BCUT2D eigenvalue weighted by Crippen LogP contribution is -2.06. The summed E-state index contributed by atoms with van der Waals surface area (Å²) in [5, 5.41) is 1.79. The van der Waals surface area contributed by atoms with Gasteiger partial charge in [-0.3, -0.25) is 4.79 Å². The van der Waals surface area contributed by atoms with E-state index in [1.807, 2.05) is 24.3 Å². The molecule has 0 aliphatic heterocycles. The highest BCUT2D eigenvalue weighted by molar-refractivity contribution is 7.24. The zero-order valence-corrected chi connectivity index (χ0v) is 13.4. The Kier molecular flexibility index (Phi) is 4.07. The van der Waals surface area contributed by atoms with Crippen LogP contribution in [-0.4, -0.2) is 0 Å². The van der Waals surface area contributed by atoms with E-state index < -0.39 is 0 Å². The van der Waals surface area contributed by atoms with Crippen molar-refractivity contribution in [1.29, 1.82) is 0 Å². The summed E-state index contributed by atoms with van der Waals surface area (Å²) in [6.07, 6.45) is 3.56. The molecule has 3 aromatic rings. The monoisotopic (exact) mass is 296 g/mol. The minimum atomic E-state index is 0.193. The second kappa shape index (κ2) is 5.98. The molecule has 1 atom stereocenters. The van der Waals surface area contributed by atoms with Crippen LogP contribution in [0.25, 0.3) is 20.2 Å². The first-order chi connectivity index (χ1) is 10.2. The summed E-state index contributed by atoms with van der Waals surface area (Å²) >= 11 is 1.72. The van der Waals surface area contributed by atoms with Crippen LogP contribution in [0.5, 0.6) is 0 Å². The number of rotatable bonds is 4. The van der Waals surface area contributed by atoms with E-state index in [-0.39, 0.29) is 5.43 Å². The minimum absolute atomic E-state index is 0.193. The summed E-state index contributed by atoms with van der Waals surface area (Å²) < 4.78 is 2.19. The van der Waals surface area contributed by atoms with Crippen LogP contribution in [0.2, 0.25) is 0 Å². The Bertz CT molecular complexity index is 832. The maximum atomic E-state index is 12.9. The molecule has 2 aromatic carbocycles. The molecule has 0 amide bonds. The average Bonchev–Trinajstić information content (AvgIpc) is 2.52. The summed E-state index contributed by atoms with van der Waals surface area (Å²) in [5.41, 5.74) is 1.41. The number of benzene rings is 2. The largest absolute Gasteiger partial charge is 0.288 e. The lowest BCUT2D eigenvalue weighted by molar-refractivity contribution is 0.627. The Labute approximate surface area is 129 Å². The molecule has 1 aromatic heterocycles. The van der Waals surface area contributed by atoms with Crippen LogP contribution >= 0.6 is 11.3 Å². The summed E-state index contributed by atoms with van der Waals surface area (Å²) in [6.45, 7) is 4.45. The van der Waals surface area contributed by atoms with Crippen molar-refractivity contribution >= 4 is 31.5 Å². The van der Waals surface area contributed by atoms with Crippen LogP contribution in [0, 0.1) is 0 Å². The van der Waals surface area contributed by atoms with Crippen LogP contribution in [0.15, 0.2) is 47.3 Å². The molecule has 1 unspecified atom stereocenters. The average molecular weight is 296 g/mol. The quantitative estimate of drug-likeness (QED) is 0.564. The van der Waals surface area contributed by atoms with E-state index in [2.05, 4.69) is 32.0 Å². The van der Waals surface area contributed by atoms with Crippen molar-refractivity contribution in [3.8, 4) is 0 Å². The molecule has 0 saturated heterocycles. The van der Waals surface area contributed by atoms with Crippen molar-refractivity contribution in [2.24, 2.45) is 0 Å². The summed E-state index contributed by atoms with van der Waals surface area (Å²) in [6, 6.07) is 14.2. The molecule has 0 fully saturated rings. The number of hydrogen-bond donors (Lipinski definition) is 0. The maximum Gasteiger partial charge on any atom is 0.196 e. The van der Waals surface area contributed by atoms with Crippen LogP contribution < -0.4 is 5.43 Å². The summed E-state index contributed by atoms with van der Waals surface area (Å²) in [7, 11) is 0. The second-order valence-corrected chi connectivity index (χ2v) is 6.77. The summed E-state index contributed by atoms with van der Waals surface area (Å²) in [4.78, 5) is 12.9. The van der Waals surface area contributed by atoms with Gasteiger partial charge in [0.15, 0.2) is 5.43 Å². The molecule has 3 rings (SSSR count). The molecule has 0 radical (unpaired) electrons. The molecule has 2 heteroatoms. The number of unbranched alkanes of at least 4 members (excludes halogenated alkanes) is 1. The van der Waals surface area contributed by atoms with Gasteiger partial charge in [-0.05, 0) is 36.1 Å². The van der Waals surface area contributed by atoms with Gasteiger partial charge in [-0.15, -0.1) is 11.3 Å². The highest BCUT2D eigenvalue weighted by Gasteiger charge is 2.14. The van der Waals surface area contributed by atoms with Gasteiger partial charge in [0.05, 0.1) is 0 Å². The van der Waals surface area contributed by atoms with Gasteiger partial charge in [-0.2, -0.15) is 0 Å². The van der Waals surface area contributed by atoms with Crippen molar-refractivity contribution in [2.75, 3.05) is 0 Å². The smallest absolute Gasteiger partial charge is 0.196 e. The van der Waals surface area contributed by atoms with Crippen molar-refractivity contribution in [3.05, 3.63) is 58.3 Å². The summed E-state index contributed by atoms with van der Waals surface area (Å²) in [5.74, 6) is 0.440. The molecular weight excluding hydrogens is 276 g/mol. The Balaban J connectivity index is 2.27. The molecule has 0 aliphatic rings. The lowest BCUT2D eigenvalue weighted by atomic mass is 9.92. The van der Waals surface area contributed by atoms with Crippen LogP contribution in [0.3, 0.4) is 0 Å². The van der Waals surface area contributed by atoms with E-state index in [0.717, 1.165) is 26.6 Å². The zero-order valence-electron chi connectivity index (χ0n) is 12.6. The van der Waals surface area contributed by atoms with Gasteiger partial charge in [0.1, 0.15) is 0 Å². The Hall–Kier alpha value is -1.67. The van der Waals surface area contributed by atoms with Crippen molar-refractivity contribution < 1.29 is 0 Å². The first kappa shape index (κ1) is 14.3. The van der Waals surface area contributed by atoms with Gasteiger partial charge in [-0.1, -0.05) is 51.0 Å². The standard InChI is InChI=1S/C19H20OS/c1-3-4-8-13(2)14-10-7-12-17-18(14)19(20)15-9-5-6-11-16(15)21-17/h5-7,9-13H,3-4,8H2,1-2H3. The maximum absolute atomic E-state index is 12.9. The molecule has 21 heavy (non-hydrogen) atoms. The SMILES string of the molecule is CCCCC(C)c1cccc2sc3ccccc3c(=O)c12. The van der Waals surface area contributed by atoms with E-state index in [1.54, 1.807) is 11.3 Å². The molecule has 0 bridgehead atoms. The van der Waals surface area contributed by atoms with Gasteiger partial charge >= 0.3 is 0 Å². The molecule has 0 spiro atoms. The molecule has 0 saturated carbocycles. The second-order valence-electron chi connectivity index (χ2n) is 5.69. The van der Waals surface area contributed by atoms with E-state index >= 15 is 0 Å². The fraction of sp³-hybridized carbons (Fsp3) is 0.316. The minimum Gasteiger partial charge on any atom is -0.288 e. The van der Waals surface area contributed by atoms with Crippen LogP contribution in [0.4, 0.5) is 0 Å². The zero-order chi connectivity index (χ0) is 14.8. The Morgan fingerprint density at radius 2 is 1.81 bits per heavy atom. The Morgan fingerprint density at radius 3 is 2.62 bits per heavy atom. The molecular formula is C19H20OS. The highest BCUT2D eigenvalue weighted by Crippen LogP contribution is 2.31. The molecule has 0 aliphatic carbocycles. The van der Waals surface area contributed by atoms with Gasteiger partial charge in [0, 0.05) is 20.2 Å². The van der Waals surface area contributed by atoms with Gasteiger partial charge < -0.3 is 0 Å². The molecule has 1 nitrogen and oxygen atoms in total. The number of hydrogen-bond acceptors (Lipinski definition) is 2. The third kappa shape index (κ3) is 2.60. The van der Waals surface area contributed by atoms with Crippen molar-refractivity contribution in [3.63, 3.8) is 0 Å². The van der Waals surface area contributed by atoms with Gasteiger partial charge in [0.25, 0.3) is 0 Å². The van der Waals surface area contributed by atoms with Crippen LogP contribution in [0.1, 0.15) is 44.6 Å². The molecule has 108 valence electrons. The fourth-order valence-corrected chi connectivity index (χ4v) is 4.06. The number of fused-ring (bicyclic) bond motifs is 2. The van der Waals surface area contributed by atoms with Gasteiger partial charge in [-0.25, -0.2) is 0 Å². The van der Waals surface area contributed by atoms with E-state index in [0.29, 0.717) is 5.92 Å². The Morgan fingerprint density at radius 1 is 1.05 bits per heavy atom. The van der Waals surface area contributed by atoms with Crippen LogP contribution in [-0.2, 0) is 0 Å². The van der Waals surface area contributed by atoms with E-state index in [1.165, 1.54) is 18.4 Å². The van der Waals surface area contributed by atoms with E-state index in [4.69, 9.17) is 0 Å². The van der Waals surface area contributed by atoms with Gasteiger partial charge in [0.2, 0.25) is 0 Å². The fourth-order valence-electron chi connectivity index (χ4n) is 2.95. The lowest BCUT2D eigenvalue weighted by Gasteiger charge is -2.14. The third-order valence-electron chi connectivity index (χ3n) is 4.16. The van der Waals surface area contributed by atoms with Crippen molar-refractivity contribution in [1.82, 2.24) is 0 Å². The topological polar surface area (TPSA) is 17.1 Å². The molecule has 1 heterocycles.